The highest BCUT2D eigenvalue weighted by Gasteiger charge is 2.21. The lowest BCUT2D eigenvalue weighted by Gasteiger charge is -2.20. The van der Waals surface area contributed by atoms with Crippen molar-refractivity contribution >= 4 is 17.7 Å². The van der Waals surface area contributed by atoms with Gasteiger partial charge in [0.05, 0.1) is 12.8 Å². The molecule has 0 unspecified atom stereocenters. The van der Waals surface area contributed by atoms with Gasteiger partial charge in [-0.1, -0.05) is 19.3 Å². The summed E-state index contributed by atoms with van der Waals surface area (Å²) in [5.74, 6) is -1.03. The van der Waals surface area contributed by atoms with E-state index in [2.05, 4.69) is 16.2 Å². The minimum absolute atomic E-state index is 0.0308. The molecule has 1 aliphatic rings. The first-order valence-corrected chi connectivity index (χ1v) is 7.07. The van der Waals surface area contributed by atoms with E-state index >= 15 is 0 Å². The average Bonchev–Trinajstić information content (AvgIpc) is 3.05. The third kappa shape index (κ3) is 4.62. The number of carbonyl (C=O) groups is 3. The lowest BCUT2D eigenvalue weighted by Crippen LogP contribution is -2.48. The zero-order chi connectivity index (χ0) is 15.1. The van der Waals surface area contributed by atoms with Crippen LogP contribution in [-0.4, -0.2) is 24.3 Å². The molecule has 1 aliphatic carbocycles. The minimum Gasteiger partial charge on any atom is -0.459 e. The Morgan fingerprint density at radius 2 is 1.90 bits per heavy atom. The zero-order valence-electron chi connectivity index (χ0n) is 11.7. The second-order valence-corrected chi connectivity index (χ2v) is 5.03. The van der Waals surface area contributed by atoms with Crippen molar-refractivity contribution in [1.29, 1.82) is 0 Å². The molecule has 7 nitrogen and oxygen atoms in total. The SMILES string of the molecule is O=C(CNC(=O)c1ccco1)NNC(=O)C1CCCCC1. The largest absolute Gasteiger partial charge is 0.459 e. The molecular formula is C14H19N3O4. The zero-order valence-corrected chi connectivity index (χ0v) is 11.7. The maximum absolute atomic E-state index is 11.8. The predicted molar refractivity (Wildman–Crippen MR) is 73.9 cm³/mol. The van der Waals surface area contributed by atoms with Gasteiger partial charge in [0.1, 0.15) is 0 Å². The molecule has 1 aromatic rings. The van der Waals surface area contributed by atoms with Gasteiger partial charge in [0.25, 0.3) is 11.8 Å². The van der Waals surface area contributed by atoms with Crippen molar-refractivity contribution in [2.75, 3.05) is 6.54 Å². The molecule has 21 heavy (non-hydrogen) atoms. The third-order valence-corrected chi connectivity index (χ3v) is 3.46. The normalized spacial score (nSPS) is 15.2. The molecule has 0 bridgehead atoms. The van der Waals surface area contributed by atoms with Gasteiger partial charge in [-0.15, -0.1) is 0 Å². The molecule has 0 saturated heterocycles. The average molecular weight is 293 g/mol. The van der Waals surface area contributed by atoms with E-state index < -0.39 is 11.8 Å². The van der Waals surface area contributed by atoms with Gasteiger partial charge < -0.3 is 9.73 Å². The van der Waals surface area contributed by atoms with E-state index in [0.29, 0.717) is 0 Å². The Bertz CT molecular complexity index is 492. The molecule has 0 aromatic carbocycles. The molecule has 3 N–H and O–H groups in total. The van der Waals surface area contributed by atoms with Crippen LogP contribution in [0.3, 0.4) is 0 Å². The lowest BCUT2D eigenvalue weighted by molar-refractivity contribution is -0.131. The third-order valence-electron chi connectivity index (χ3n) is 3.46. The van der Waals surface area contributed by atoms with Crippen LogP contribution in [0.2, 0.25) is 0 Å². The monoisotopic (exact) mass is 293 g/mol. The van der Waals surface area contributed by atoms with Crippen molar-refractivity contribution in [3.8, 4) is 0 Å². The number of hydrazine groups is 1. The van der Waals surface area contributed by atoms with Gasteiger partial charge in [-0.25, -0.2) is 0 Å². The van der Waals surface area contributed by atoms with Gasteiger partial charge in [0.15, 0.2) is 5.76 Å². The maximum Gasteiger partial charge on any atom is 0.287 e. The molecule has 0 spiro atoms. The number of hydrogen-bond donors (Lipinski definition) is 3. The van der Waals surface area contributed by atoms with E-state index in [1.165, 1.54) is 12.3 Å². The molecule has 0 aliphatic heterocycles. The van der Waals surface area contributed by atoms with Gasteiger partial charge in [0, 0.05) is 5.92 Å². The van der Waals surface area contributed by atoms with Crippen LogP contribution in [0.1, 0.15) is 42.7 Å². The predicted octanol–water partition coefficient (Wildman–Crippen LogP) is 0.737. The van der Waals surface area contributed by atoms with Crippen molar-refractivity contribution in [1.82, 2.24) is 16.2 Å². The van der Waals surface area contributed by atoms with Crippen LogP contribution in [0.5, 0.6) is 0 Å². The van der Waals surface area contributed by atoms with Crippen LogP contribution < -0.4 is 16.2 Å². The van der Waals surface area contributed by atoms with Crippen molar-refractivity contribution in [2.45, 2.75) is 32.1 Å². The topological polar surface area (TPSA) is 100 Å². The van der Waals surface area contributed by atoms with Gasteiger partial charge in [-0.05, 0) is 25.0 Å². The van der Waals surface area contributed by atoms with Crippen LogP contribution in [-0.2, 0) is 9.59 Å². The van der Waals surface area contributed by atoms with Crippen LogP contribution >= 0.6 is 0 Å². The van der Waals surface area contributed by atoms with E-state index in [9.17, 15) is 14.4 Å². The van der Waals surface area contributed by atoms with Crippen molar-refractivity contribution in [3.63, 3.8) is 0 Å². The van der Waals surface area contributed by atoms with Crippen LogP contribution in [0, 0.1) is 5.92 Å². The number of hydrogen-bond acceptors (Lipinski definition) is 4. The smallest absolute Gasteiger partial charge is 0.287 e. The summed E-state index contributed by atoms with van der Waals surface area (Å²) in [5.41, 5.74) is 4.69. The quantitative estimate of drug-likeness (QED) is 0.713. The second kappa shape index (κ2) is 7.47. The highest BCUT2D eigenvalue weighted by molar-refractivity contribution is 5.94. The van der Waals surface area contributed by atoms with Crippen LogP contribution in [0.25, 0.3) is 0 Å². The molecule has 1 aromatic heterocycles. The fourth-order valence-electron chi connectivity index (χ4n) is 2.30. The molecule has 1 heterocycles. The Morgan fingerprint density at radius 1 is 1.14 bits per heavy atom. The first-order chi connectivity index (χ1) is 10.2. The van der Waals surface area contributed by atoms with Gasteiger partial charge in [-0.3, -0.25) is 25.2 Å². The van der Waals surface area contributed by atoms with Gasteiger partial charge in [-0.2, -0.15) is 0 Å². The highest BCUT2D eigenvalue weighted by atomic mass is 16.3. The van der Waals surface area contributed by atoms with Crippen LogP contribution in [0.4, 0.5) is 0 Å². The summed E-state index contributed by atoms with van der Waals surface area (Å²) in [5, 5.41) is 2.39. The molecule has 3 amide bonds. The van der Waals surface area contributed by atoms with Gasteiger partial charge >= 0.3 is 0 Å². The molecule has 0 atom stereocenters. The fourth-order valence-corrected chi connectivity index (χ4v) is 2.30. The minimum atomic E-state index is -0.487. The maximum atomic E-state index is 11.8. The lowest BCUT2D eigenvalue weighted by atomic mass is 9.89. The second-order valence-electron chi connectivity index (χ2n) is 5.03. The molecule has 114 valence electrons. The summed E-state index contributed by atoms with van der Waals surface area (Å²) < 4.78 is 4.89. The Hall–Kier alpha value is -2.31. The number of nitrogens with one attached hydrogen (secondary N) is 3. The van der Waals surface area contributed by atoms with E-state index in [4.69, 9.17) is 4.42 Å². The summed E-state index contributed by atoms with van der Waals surface area (Å²) in [6.07, 6.45) is 6.35. The Kier molecular flexibility index (Phi) is 5.36. The Labute approximate surface area is 122 Å². The summed E-state index contributed by atoms with van der Waals surface area (Å²) in [6, 6.07) is 3.08. The highest BCUT2D eigenvalue weighted by Crippen LogP contribution is 2.23. The van der Waals surface area contributed by atoms with E-state index in [0.717, 1.165) is 32.1 Å². The molecule has 2 rings (SSSR count). The standard InChI is InChI=1S/C14H19N3O4/c18-12(9-15-14(20)11-7-4-8-21-11)16-17-13(19)10-5-2-1-3-6-10/h4,7-8,10H,1-3,5-6,9H2,(H,15,20)(H,16,18)(H,17,19). The molecule has 1 saturated carbocycles. The van der Waals surface area contributed by atoms with Crippen molar-refractivity contribution in [3.05, 3.63) is 24.2 Å². The number of furan rings is 1. The first-order valence-electron chi connectivity index (χ1n) is 7.07. The number of rotatable bonds is 4. The first kappa shape index (κ1) is 15.1. The van der Waals surface area contributed by atoms with Gasteiger partial charge in [0.2, 0.25) is 5.91 Å². The summed E-state index contributed by atoms with van der Waals surface area (Å²) in [7, 11) is 0. The van der Waals surface area contributed by atoms with E-state index in [-0.39, 0.29) is 24.1 Å². The van der Waals surface area contributed by atoms with Crippen molar-refractivity contribution < 1.29 is 18.8 Å². The fraction of sp³-hybridized carbons (Fsp3) is 0.500. The van der Waals surface area contributed by atoms with E-state index in [1.54, 1.807) is 6.07 Å². The van der Waals surface area contributed by atoms with Crippen molar-refractivity contribution in [2.24, 2.45) is 5.92 Å². The summed E-state index contributed by atoms with van der Waals surface area (Å²) in [6.45, 7) is -0.232. The molecular weight excluding hydrogens is 274 g/mol. The summed E-state index contributed by atoms with van der Waals surface area (Å²) in [4.78, 5) is 34.9. The molecule has 1 fully saturated rings. The number of carbonyl (C=O) groups excluding carboxylic acids is 3. The Morgan fingerprint density at radius 3 is 2.57 bits per heavy atom. The Balaban J connectivity index is 1.65. The number of amides is 3. The van der Waals surface area contributed by atoms with Crippen LogP contribution in [0.15, 0.2) is 22.8 Å². The summed E-state index contributed by atoms with van der Waals surface area (Å²) >= 11 is 0. The van der Waals surface area contributed by atoms with E-state index in [1.807, 2.05) is 0 Å². The molecule has 7 heteroatoms. The molecule has 0 radical (unpaired) electrons.